The third kappa shape index (κ3) is 3.80. The molecule has 5 aromatic rings. The summed E-state index contributed by atoms with van der Waals surface area (Å²) in [6.45, 7) is 13.1. The van der Waals surface area contributed by atoms with Crippen LogP contribution in [0.2, 0.25) is 0 Å². The summed E-state index contributed by atoms with van der Waals surface area (Å²) in [6.07, 6.45) is 1.79. The zero-order valence-electron chi connectivity index (χ0n) is 24.9. The van der Waals surface area contributed by atoms with Gasteiger partial charge in [-0.2, -0.15) is 0 Å². The third-order valence-electron chi connectivity index (χ3n) is 9.12. The van der Waals surface area contributed by atoms with E-state index in [1.54, 1.807) is 6.08 Å². The highest BCUT2D eigenvalue weighted by Gasteiger charge is 2.38. The number of carbonyl (C=O) groups is 2. The van der Waals surface area contributed by atoms with E-state index in [-0.39, 0.29) is 22.6 Å². The van der Waals surface area contributed by atoms with Crippen molar-refractivity contribution in [3.63, 3.8) is 0 Å². The molecule has 1 heterocycles. The van der Waals surface area contributed by atoms with Gasteiger partial charge in [0.15, 0.2) is 11.6 Å². The number of Topliss-reactive ketones (excluding diaryl/α,β-unsaturated/α-hetero) is 2. The number of benzene rings is 5. The smallest absolute Gasteiger partial charge is 0.197 e. The van der Waals surface area contributed by atoms with Crippen LogP contribution in [0.5, 0.6) is 0 Å². The second-order valence-corrected chi connectivity index (χ2v) is 12.5. The van der Waals surface area contributed by atoms with E-state index in [1.165, 1.54) is 33.6 Å². The highest BCUT2D eigenvalue weighted by Crippen LogP contribution is 2.53. The van der Waals surface area contributed by atoms with Gasteiger partial charge in [0.2, 0.25) is 0 Å². The van der Waals surface area contributed by atoms with Crippen molar-refractivity contribution in [2.75, 3.05) is 4.90 Å². The van der Waals surface area contributed by atoms with Gasteiger partial charge in [0, 0.05) is 22.2 Å². The maximum absolute atomic E-state index is 13.5. The van der Waals surface area contributed by atoms with Crippen molar-refractivity contribution in [3.05, 3.63) is 141 Å². The number of hydrogen-bond donors (Lipinski definition) is 0. The van der Waals surface area contributed by atoms with Crippen LogP contribution in [0.4, 0.5) is 17.1 Å². The van der Waals surface area contributed by atoms with Crippen LogP contribution in [0.25, 0.3) is 16.8 Å². The molecule has 5 aromatic carbocycles. The molecule has 0 N–H and O–H groups in total. The average Bonchev–Trinajstić information content (AvgIpc) is 3.19. The van der Waals surface area contributed by atoms with Gasteiger partial charge in [-0.05, 0) is 109 Å². The predicted molar refractivity (Wildman–Crippen MR) is 173 cm³/mol. The van der Waals surface area contributed by atoms with E-state index >= 15 is 0 Å². The zero-order valence-corrected chi connectivity index (χ0v) is 24.9. The normalized spacial score (nSPS) is 15.1. The second kappa shape index (κ2) is 9.12. The number of ketones is 2. The van der Waals surface area contributed by atoms with E-state index in [9.17, 15) is 9.59 Å². The summed E-state index contributed by atoms with van der Waals surface area (Å²) in [5, 5.41) is 1.93. The van der Waals surface area contributed by atoms with Gasteiger partial charge in [-0.1, -0.05) is 73.5 Å². The second-order valence-electron chi connectivity index (χ2n) is 12.5. The molecule has 0 spiro atoms. The summed E-state index contributed by atoms with van der Waals surface area (Å²) >= 11 is 0. The monoisotopic (exact) mass is 547 g/mol. The molecular formula is C39H33NO2. The Kier molecular flexibility index (Phi) is 5.68. The first-order valence-electron chi connectivity index (χ1n) is 14.5. The maximum atomic E-state index is 13.5. The SMILES string of the molecule is Cc1ccc2c(c1)C(C)(C)c1cc(C)ccc1N2c1cc(C)c(C=C2C(=O)c3cc4ccccc4cc3C2=O)cc1C. The standard InChI is InChI=1S/C39H33NO2/c1-22-11-13-34-32(15-22)39(5,6)33-16-23(2)12-14-35(33)40(34)36-18-24(3)28(17-25(36)4)21-31-37(41)29-19-26-9-7-8-10-27(26)20-30(29)38(31)42/h7-21H,1-6H3. The molecule has 0 saturated carbocycles. The minimum Gasteiger partial charge on any atom is -0.310 e. The van der Waals surface area contributed by atoms with E-state index in [4.69, 9.17) is 0 Å². The molecule has 0 atom stereocenters. The van der Waals surface area contributed by atoms with Crippen LogP contribution in [-0.2, 0) is 5.41 Å². The minimum atomic E-state index is -0.200. The molecule has 0 bridgehead atoms. The van der Waals surface area contributed by atoms with Crippen molar-refractivity contribution in [1.29, 1.82) is 0 Å². The Morgan fingerprint density at radius 3 is 1.64 bits per heavy atom. The van der Waals surface area contributed by atoms with Gasteiger partial charge < -0.3 is 4.90 Å². The number of anilines is 3. The summed E-state index contributed by atoms with van der Waals surface area (Å²) in [5.74, 6) is -0.400. The van der Waals surface area contributed by atoms with E-state index < -0.39 is 0 Å². The number of nitrogens with zero attached hydrogens (tertiary/aromatic N) is 1. The van der Waals surface area contributed by atoms with Gasteiger partial charge in [0.1, 0.15) is 0 Å². The van der Waals surface area contributed by atoms with Gasteiger partial charge in [0.25, 0.3) is 0 Å². The van der Waals surface area contributed by atoms with Crippen LogP contribution in [0, 0.1) is 27.7 Å². The summed E-state index contributed by atoms with van der Waals surface area (Å²) in [5.41, 5.74) is 12.6. The fraction of sp³-hybridized carbons (Fsp3) is 0.179. The molecule has 0 saturated heterocycles. The molecule has 1 aliphatic heterocycles. The van der Waals surface area contributed by atoms with E-state index in [1.807, 2.05) is 36.4 Å². The number of rotatable bonds is 2. The fourth-order valence-electron chi connectivity index (χ4n) is 6.74. The summed E-state index contributed by atoms with van der Waals surface area (Å²) in [7, 11) is 0. The van der Waals surface area contributed by atoms with Crippen LogP contribution in [0.1, 0.15) is 73.5 Å². The van der Waals surface area contributed by atoms with E-state index in [2.05, 4.69) is 95.0 Å². The Morgan fingerprint density at radius 2 is 1.12 bits per heavy atom. The van der Waals surface area contributed by atoms with Crippen LogP contribution < -0.4 is 4.90 Å². The molecule has 0 radical (unpaired) electrons. The first-order chi connectivity index (χ1) is 20.0. The first kappa shape index (κ1) is 26.2. The molecule has 3 heteroatoms. The lowest BCUT2D eigenvalue weighted by Crippen LogP contribution is -2.31. The Hall–Kier alpha value is -4.76. The van der Waals surface area contributed by atoms with Crippen molar-refractivity contribution < 1.29 is 9.59 Å². The number of carbonyl (C=O) groups excluding carboxylic acids is 2. The van der Waals surface area contributed by atoms with Crippen molar-refractivity contribution in [3.8, 4) is 0 Å². The molecule has 7 rings (SSSR count). The molecule has 206 valence electrons. The van der Waals surface area contributed by atoms with E-state index in [0.717, 1.165) is 33.2 Å². The predicted octanol–water partition coefficient (Wildman–Crippen LogP) is 9.65. The summed E-state index contributed by atoms with van der Waals surface area (Å²) in [4.78, 5) is 29.3. The summed E-state index contributed by atoms with van der Waals surface area (Å²) < 4.78 is 0. The van der Waals surface area contributed by atoms with Crippen LogP contribution >= 0.6 is 0 Å². The van der Waals surface area contributed by atoms with Gasteiger partial charge in [-0.25, -0.2) is 0 Å². The molecule has 3 nitrogen and oxygen atoms in total. The molecule has 42 heavy (non-hydrogen) atoms. The number of fused-ring (bicyclic) bond motifs is 4. The number of allylic oxidation sites excluding steroid dienone is 1. The zero-order chi connectivity index (χ0) is 29.5. The Morgan fingerprint density at radius 1 is 0.595 bits per heavy atom. The third-order valence-corrected chi connectivity index (χ3v) is 9.12. The number of aryl methyl sites for hydroxylation is 4. The lowest BCUT2D eigenvalue weighted by Gasteiger charge is -2.43. The highest BCUT2D eigenvalue weighted by molar-refractivity contribution is 6.42. The minimum absolute atomic E-state index is 0.143. The van der Waals surface area contributed by atoms with Crippen LogP contribution in [0.15, 0.2) is 90.5 Å². The molecule has 0 unspecified atom stereocenters. The van der Waals surface area contributed by atoms with Crippen molar-refractivity contribution in [2.45, 2.75) is 47.0 Å². The first-order valence-corrected chi connectivity index (χ1v) is 14.5. The largest absolute Gasteiger partial charge is 0.310 e. The van der Waals surface area contributed by atoms with Gasteiger partial charge in [0.05, 0.1) is 16.9 Å². The molecule has 0 fully saturated rings. The molecule has 2 aliphatic rings. The van der Waals surface area contributed by atoms with Crippen molar-refractivity contribution >= 4 is 45.5 Å². The van der Waals surface area contributed by atoms with Crippen molar-refractivity contribution in [2.24, 2.45) is 0 Å². The summed E-state index contributed by atoms with van der Waals surface area (Å²) in [6, 6.07) is 29.3. The maximum Gasteiger partial charge on any atom is 0.197 e. The fourth-order valence-corrected chi connectivity index (χ4v) is 6.74. The molecule has 1 aliphatic carbocycles. The molecular weight excluding hydrogens is 514 g/mol. The van der Waals surface area contributed by atoms with Crippen LogP contribution in [-0.4, -0.2) is 11.6 Å². The van der Waals surface area contributed by atoms with Crippen LogP contribution in [0.3, 0.4) is 0 Å². The Bertz CT molecular complexity index is 1930. The van der Waals surface area contributed by atoms with Crippen molar-refractivity contribution in [1.82, 2.24) is 0 Å². The van der Waals surface area contributed by atoms with Gasteiger partial charge in [-0.3, -0.25) is 9.59 Å². The topological polar surface area (TPSA) is 37.4 Å². The van der Waals surface area contributed by atoms with Gasteiger partial charge in [-0.15, -0.1) is 0 Å². The molecule has 0 amide bonds. The quantitative estimate of drug-likeness (QED) is 0.163. The molecule has 0 aromatic heterocycles. The number of hydrogen-bond acceptors (Lipinski definition) is 3. The van der Waals surface area contributed by atoms with Gasteiger partial charge >= 0.3 is 0 Å². The van der Waals surface area contributed by atoms with E-state index in [0.29, 0.717) is 11.1 Å². The average molecular weight is 548 g/mol. The Balaban J connectivity index is 1.35. The lowest BCUT2D eigenvalue weighted by molar-refractivity contribution is 0.0990. The Labute approximate surface area is 247 Å². The lowest BCUT2D eigenvalue weighted by atomic mass is 9.72. The highest BCUT2D eigenvalue weighted by atomic mass is 16.2.